The van der Waals surface area contributed by atoms with Crippen LogP contribution in [0.4, 0.5) is 11.4 Å². The number of anilines is 2. The maximum absolute atomic E-state index is 5.02. The first-order valence-electron chi connectivity index (χ1n) is 4.76. The Kier molecular flexibility index (Phi) is 4.26. The SMILES string of the molecule is CNc1ccc(N(C)CCOC)cc1. The fraction of sp³-hybridized carbons (Fsp3) is 0.455. The molecule has 0 aliphatic rings. The smallest absolute Gasteiger partial charge is 0.0637 e. The molecule has 0 aliphatic heterocycles. The Morgan fingerprint density at radius 2 is 1.93 bits per heavy atom. The number of methoxy groups -OCH3 is 1. The maximum atomic E-state index is 5.02. The number of rotatable bonds is 5. The molecule has 0 radical (unpaired) electrons. The number of hydrogen-bond donors (Lipinski definition) is 1. The molecular weight excluding hydrogens is 176 g/mol. The molecule has 0 unspecified atom stereocenters. The van der Waals surface area contributed by atoms with E-state index < -0.39 is 0 Å². The van der Waals surface area contributed by atoms with E-state index in [2.05, 4.69) is 41.5 Å². The summed E-state index contributed by atoms with van der Waals surface area (Å²) in [7, 11) is 5.70. The van der Waals surface area contributed by atoms with Gasteiger partial charge in [0.2, 0.25) is 0 Å². The van der Waals surface area contributed by atoms with Gasteiger partial charge in [0.25, 0.3) is 0 Å². The minimum Gasteiger partial charge on any atom is -0.388 e. The summed E-state index contributed by atoms with van der Waals surface area (Å²) in [6.45, 7) is 1.67. The number of likely N-dealkylation sites (N-methyl/N-ethyl adjacent to an activating group) is 1. The lowest BCUT2D eigenvalue weighted by Gasteiger charge is -2.18. The van der Waals surface area contributed by atoms with Crippen LogP contribution in [0.15, 0.2) is 24.3 Å². The Hall–Kier alpha value is -1.22. The minimum atomic E-state index is 0.754. The Labute approximate surface area is 85.7 Å². The maximum Gasteiger partial charge on any atom is 0.0637 e. The third-order valence-electron chi connectivity index (χ3n) is 2.23. The molecule has 0 atom stereocenters. The zero-order chi connectivity index (χ0) is 10.4. The first kappa shape index (κ1) is 10.9. The van der Waals surface area contributed by atoms with Crippen LogP contribution in [0.25, 0.3) is 0 Å². The van der Waals surface area contributed by atoms with Crippen molar-refractivity contribution < 1.29 is 4.74 Å². The zero-order valence-corrected chi connectivity index (χ0v) is 9.08. The van der Waals surface area contributed by atoms with Crippen molar-refractivity contribution >= 4 is 11.4 Å². The average Bonchev–Trinajstić information content (AvgIpc) is 2.26. The Morgan fingerprint density at radius 3 is 2.43 bits per heavy atom. The van der Waals surface area contributed by atoms with E-state index in [0.717, 1.165) is 18.8 Å². The van der Waals surface area contributed by atoms with Gasteiger partial charge in [-0.15, -0.1) is 0 Å². The van der Waals surface area contributed by atoms with Crippen molar-refractivity contribution in [2.75, 3.05) is 44.6 Å². The third kappa shape index (κ3) is 2.92. The molecule has 1 N–H and O–H groups in total. The molecule has 0 amide bonds. The van der Waals surface area contributed by atoms with E-state index in [0.29, 0.717) is 0 Å². The molecule has 1 rings (SSSR count). The zero-order valence-electron chi connectivity index (χ0n) is 9.08. The van der Waals surface area contributed by atoms with Crippen LogP contribution in [0.1, 0.15) is 0 Å². The quantitative estimate of drug-likeness (QED) is 0.773. The van der Waals surface area contributed by atoms with Crippen LogP contribution in [-0.4, -0.2) is 34.4 Å². The molecular formula is C11H18N2O. The highest BCUT2D eigenvalue weighted by Gasteiger charge is 1.99. The lowest BCUT2D eigenvalue weighted by atomic mass is 10.2. The molecule has 0 bridgehead atoms. The summed E-state index contributed by atoms with van der Waals surface area (Å²) in [5, 5.41) is 3.09. The highest BCUT2D eigenvalue weighted by Crippen LogP contribution is 2.15. The molecule has 1 aromatic carbocycles. The van der Waals surface area contributed by atoms with Gasteiger partial charge in [-0.05, 0) is 24.3 Å². The summed E-state index contributed by atoms with van der Waals surface area (Å²) in [4.78, 5) is 2.17. The summed E-state index contributed by atoms with van der Waals surface area (Å²) in [6, 6.07) is 8.33. The van der Waals surface area contributed by atoms with Gasteiger partial charge in [0.15, 0.2) is 0 Å². The predicted octanol–water partition coefficient (Wildman–Crippen LogP) is 1.81. The van der Waals surface area contributed by atoms with E-state index in [1.54, 1.807) is 7.11 Å². The van der Waals surface area contributed by atoms with Crippen molar-refractivity contribution in [3.05, 3.63) is 24.3 Å². The third-order valence-corrected chi connectivity index (χ3v) is 2.23. The summed E-state index contributed by atoms with van der Waals surface area (Å²) in [5.74, 6) is 0. The average molecular weight is 194 g/mol. The van der Waals surface area contributed by atoms with Gasteiger partial charge in [-0.25, -0.2) is 0 Å². The second kappa shape index (κ2) is 5.50. The lowest BCUT2D eigenvalue weighted by molar-refractivity contribution is 0.206. The predicted molar refractivity (Wildman–Crippen MR) is 61.1 cm³/mol. The molecule has 0 aromatic heterocycles. The molecule has 3 heteroatoms. The van der Waals surface area contributed by atoms with Crippen LogP contribution in [0, 0.1) is 0 Å². The molecule has 0 saturated heterocycles. The Bertz CT molecular complexity index is 258. The van der Waals surface area contributed by atoms with Gasteiger partial charge in [-0.2, -0.15) is 0 Å². The number of nitrogens with zero attached hydrogens (tertiary/aromatic N) is 1. The minimum absolute atomic E-state index is 0.754. The first-order chi connectivity index (χ1) is 6.77. The van der Waals surface area contributed by atoms with E-state index in [9.17, 15) is 0 Å². The molecule has 3 nitrogen and oxygen atoms in total. The highest BCUT2D eigenvalue weighted by atomic mass is 16.5. The van der Waals surface area contributed by atoms with Crippen molar-refractivity contribution in [3.63, 3.8) is 0 Å². The monoisotopic (exact) mass is 194 g/mol. The number of hydrogen-bond acceptors (Lipinski definition) is 3. The lowest BCUT2D eigenvalue weighted by Crippen LogP contribution is -2.21. The second-order valence-electron chi connectivity index (χ2n) is 3.21. The van der Waals surface area contributed by atoms with Gasteiger partial charge in [-0.3, -0.25) is 0 Å². The Balaban J connectivity index is 2.57. The largest absolute Gasteiger partial charge is 0.388 e. The molecule has 0 fully saturated rings. The van der Waals surface area contributed by atoms with Gasteiger partial charge >= 0.3 is 0 Å². The van der Waals surface area contributed by atoms with Crippen LogP contribution in [0.5, 0.6) is 0 Å². The number of benzene rings is 1. The molecule has 78 valence electrons. The van der Waals surface area contributed by atoms with Crippen molar-refractivity contribution in [1.29, 1.82) is 0 Å². The van der Waals surface area contributed by atoms with E-state index in [1.807, 2.05) is 7.05 Å². The van der Waals surface area contributed by atoms with Crippen molar-refractivity contribution in [2.24, 2.45) is 0 Å². The standard InChI is InChI=1S/C11H18N2O/c1-12-10-4-6-11(7-5-10)13(2)8-9-14-3/h4-7,12H,8-9H2,1-3H3. The fourth-order valence-corrected chi connectivity index (χ4v) is 1.24. The summed E-state index contributed by atoms with van der Waals surface area (Å²) >= 11 is 0. The van der Waals surface area contributed by atoms with Gasteiger partial charge in [0.05, 0.1) is 6.61 Å². The summed E-state index contributed by atoms with van der Waals surface area (Å²) < 4.78 is 5.02. The highest BCUT2D eigenvalue weighted by molar-refractivity contribution is 5.54. The normalized spacial score (nSPS) is 9.93. The van der Waals surface area contributed by atoms with Gasteiger partial charge < -0.3 is 15.0 Å². The second-order valence-corrected chi connectivity index (χ2v) is 3.21. The van der Waals surface area contributed by atoms with Gasteiger partial charge in [-0.1, -0.05) is 0 Å². The first-order valence-corrected chi connectivity index (χ1v) is 4.76. The van der Waals surface area contributed by atoms with E-state index in [1.165, 1.54) is 5.69 Å². The molecule has 1 aromatic rings. The van der Waals surface area contributed by atoms with Crippen LogP contribution >= 0.6 is 0 Å². The summed E-state index contributed by atoms with van der Waals surface area (Å²) in [5.41, 5.74) is 2.34. The molecule has 14 heavy (non-hydrogen) atoms. The van der Waals surface area contributed by atoms with Crippen LogP contribution in [0.3, 0.4) is 0 Å². The van der Waals surface area contributed by atoms with Gasteiger partial charge in [0.1, 0.15) is 0 Å². The molecule has 0 saturated carbocycles. The molecule has 0 spiro atoms. The van der Waals surface area contributed by atoms with Crippen LogP contribution in [-0.2, 0) is 4.74 Å². The van der Waals surface area contributed by atoms with Crippen molar-refractivity contribution in [2.45, 2.75) is 0 Å². The fourth-order valence-electron chi connectivity index (χ4n) is 1.24. The van der Waals surface area contributed by atoms with E-state index in [4.69, 9.17) is 4.74 Å². The van der Waals surface area contributed by atoms with E-state index in [-0.39, 0.29) is 0 Å². The van der Waals surface area contributed by atoms with E-state index >= 15 is 0 Å². The van der Waals surface area contributed by atoms with Crippen molar-refractivity contribution in [3.8, 4) is 0 Å². The molecule has 0 heterocycles. The number of nitrogens with one attached hydrogen (secondary N) is 1. The van der Waals surface area contributed by atoms with Crippen LogP contribution in [0.2, 0.25) is 0 Å². The van der Waals surface area contributed by atoms with Crippen molar-refractivity contribution in [1.82, 2.24) is 0 Å². The topological polar surface area (TPSA) is 24.5 Å². The Morgan fingerprint density at radius 1 is 1.29 bits per heavy atom. The van der Waals surface area contributed by atoms with Gasteiger partial charge in [0, 0.05) is 39.1 Å². The summed E-state index contributed by atoms with van der Waals surface area (Å²) in [6.07, 6.45) is 0. The number of ether oxygens (including phenoxy) is 1. The molecule has 0 aliphatic carbocycles. The van der Waals surface area contributed by atoms with Crippen LogP contribution < -0.4 is 10.2 Å².